The molecular formula is C28H32N2O4S. The zero-order chi connectivity index (χ0) is 25.3. The smallest absolute Gasteiger partial charge is 0.311 e. The second-order valence-electron chi connectivity index (χ2n) is 8.49. The highest BCUT2D eigenvalue weighted by atomic mass is 32.2. The van der Waals surface area contributed by atoms with E-state index in [1.54, 1.807) is 6.92 Å². The van der Waals surface area contributed by atoms with Crippen molar-refractivity contribution in [2.45, 2.75) is 57.4 Å². The zero-order valence-corrected chi connectivity index (χ0v) is 21.0. The Balaban J connectivity index is 1.50. The van der Waals surface area contributed by atoms with E-state index in [9.17, 15) is 13.2 Å². The van der Waals surface area contributed by atoms with E-state index in [4.69, 9.17) is 10.1 Å². The Morgan fingerprint density at radius 3 is 2.31 bits per heavy atom. The van der Waals surface area contributed by atoms with Crippen molar-refractivity contribution >= 4 is 21.7 Å². The van der Waals surface area contributed by atoms with Gasteiger partial charge in [0.05, 0.1) is 4.90 Å². The molecule has 0 amide bonds. The number of carbonyl (C=O) groups is 1. The zero-order valence-electron chi connectivity index (χ0n) is 20.2. The molecule has 0 aliphatic rings. The first kappa shape index (κ1) is 26.3. The summed E-state index contributed by atoms with van der Waals surface area (Å²) < 4.78 is 33.3. The first-order valence-electron chi connectivity index (χ1n) is 11.8. The quantitative estimate of drug-likeness (QED) is 0.196. The average molecular weight is 493 g/mol. The highest BCUT2D eigenvalue weighted by Gasteiger charge is 2.16. The van der Waals surface area contributed by atoms with E-state index in [0.717, 1.165) is 36.0 Å². The topological polar surface area (TPSA) is 96.3 Å². The third-order valence-electron chi connectivity index (χ3n) is 5.64. The normalized spacial score (nSPS) is 11.3. The fraction of sp³-hybridized carbons (Fsp3) is 0.286. The number of esters is 1. The molecule has 0 unspecified atom stereocenters. The van der Waals surface area contributed by atoms with Crippen molar-refractivity contribution < 1.29 is 17.9 Å². The van der Waals surface area contributed by atoms with Gasteiger partial charge in [0.1, 0.15) is 5.75 Å². The van der Waals surface area contributed by atoms with Gasteiger partial charge in [0.2, 0.25) is 10.0 Å². The van der Waals surface area contributed by atoms with Crippen LogP contribution in [0.25, 0.3) is 0 Å². The number of rotatable bonds is 12. The van der Waals surface area contributed by atoms with E-state index in [1.807, 2.05) is 54.6 Å². The van der Waals surface area contributed by atoms with Crippen LogP contribution in [0.3, 0.4) is 0 Å². The molecule has 0 aromatic heterocycles. The molecule has 0 saturated heterocycles. The van der Waals surface area contributed by atoms with Gasteiger partial charge in [0.25, 0.3) is 0 Å². The van der Waals surface area contributed by atoms with Crippen LogP contribution >= 0.6 is 0 Å². The second-order valence-corrected chi connectivity index (χ2v) is 10.3. The van der Waals surface area contributed by atoms with Crippen molar-refractivity contribution in [1.29, 1.82) is 5.41 Å². The number of sulfonamides is 1. The molecule has 0 aliphatic heterocycles. The Hall–Kier alpha value is -3.29. The molecule has 0 atom stereocenters. The van der Waals surface area contributed by atoms with Crippen LogP contribution in [0.1, 0.15) is 54.9 Å². The number of hydrogen-bond acceptors (Lipinski definition) is 5. The fourth-order valence-corrected chi connectivity index (χ4v) is 4.74. The van der Waals surface area contributed by atoms with Crippen molar-refractivity contribution in [1.82, 2.24) is 4.72 Å². The summed E-state index contributed by atoms with van der Waals surface area (Å²) in [4.78, 5) is 12.5. The lowest BCUT2D eigenvalue weighted by atomic mass is 10.0. The molecule has 6 nitrogen and oxygen atoms in total. The second kappa shape index (κ2) is 12.4. The van der Waals surface area contributed by atoms with Gasteiger partial charge >= 0.3 is 5.97 Å². The summed E-state index contributed by atoms with van der Waals surface area (Å²) in [5.41, 5.74) is 4.13. The minimum Gasteiger partial charge on any atom is -0.426 e. The molecule has 35 heavy (non-hydrogen) atoms. The summed E-state index contributed by atoms with van der Waals surface area (Å²) >= 11 is 0. The van der Waals surface area contributed by atoms with Crippen molar-refractivity contribution in [3.05, 3.63) is 95.1 Å². The molecule has 0 radical (unpaired) electrons. The molecule has 3 rings (SSSR count). The standard InChI is InChI=1S/C28H32N2O4S/c1-3-8-26(29)24-15-13-22(14-16-24)11-7-12-28(31)34-27-18-17-25(19-21(27)2)35(32,33)30-20-23-9-5-4-6-10-23/h4-6,9-10,13-19,29-30H,3,7-8,11-12,20H2,1-2H3. The summed E-state index contributed by atoms with van der Waals surface area (Å²) in [5, 5.41) is 8.02. The van der Waals surface area contributed by atoms with Gasteiger partial charge < -0.3 is 10.1 Å². The third-order valence-corrected chi connectivity index (χ3v) is 7.04. The van der Waals surface area contributed by atoms with Crippen LogP contribution < -0.4 is 9.46 Å². The van der Waals surface area contributed by atoms with Crippen LogP contribution in [0, 0.1) is 12.3 Å². The molecule has 3 aromatic carbocycles. The molecule has 0 fully saturated rings. The van der Waals surface area contributed by atoms with E-state index in [0.29, 0.717) is 23.4 Å². The summed E-state index contributed by atoms with van der Waals surface area (Å²) in [5.74, 6) is 0.00283. The van der Waals surface area contributed by atoms with Gasteiger partial charge in [0, 0.05) is 18.7 Å². The Morgan fingerprint density at radius 1 is 0.943 bits per heavy atom. The highest BCUT2D eigenvalue weighted by Crippen LogP contribution is 2.23. The summed E-state index contributed by atoms with van der Waals surface area (Å²) in [6, 6.07) is 21.7. The van der Waals surface area contributed by atoms with Crippen LogP contribution in [0.5, 0.6) is 5.75 Å². The number of aryl methyl sites for hydroxylation is 2. The Labute approximate surface area is 207 Å². The van der Waals surface area contributed by atoms with Crippen molar-refractivity contribution in [3.8, 4) is 5.75 Å². The maximum Gasteiger partial charge on any atom is 0.311 e. The maximum absolute atomic E-state index is 12.6. The molecule has 0 spiro atoms. The van der Waals surface area contributed by atoms with Crippen LogP contribution in [0.4, 0.5) is 0 Å². The first-order valence-corrected chi connectivity index (χ1v) is 13.3. The molecule has 7 heteroatoms. The van der Waals surface area contributed by atoms with Crippen LogP contribution in [-0.2, 0) is 27.8 Å². The van der Waals surface area contributed by atoms with Crippen LogP contribution in [-0.4, -0.2) is 20.1 Å². The van der Waals surface area contributed by atoms with Crippen molar-refractivity contribution in [2.24, 2.45) is 0 Å². The predicted octanol–water partition coefficient (Wildman–Crippen LogP) is 5.57. The molecule has 0 bridgehead atoms. The predicted molar refractivity (Wildman–Crippen MR) is 138 cm³/mol. The van der Waals surface area contributed by atoms with Gasteiger partial charge in [0.15, 0.2) is 0 Å². The monoisotopic (exact) mass is 492 g/mol. The Bertz CT molecular complexity index is 1250. The third kappa shape index (κ3) is 7.87. The molecule has 0 heterocycles. The number of nitrogens with one attached hydrogen (secondary N) is 2. The Kier molecular flexibility index (Phi) is 9.34. The van der Waals surface area contributed by atoms with Gasteiger partial charge in [-0.1, -0.05) is 67.9 Å². The number of ether oxygens (including phenoxy) is 1. The first-order chi connectivity index (χ1) is 16.8. The van der Waals surface area contributed by atoms with Crippen molar-refractivity contribution in [2.75, 3.05) is 0 Å². The van der Waals surface area contributed by atoms with Crippen LogP contribution in [0.15, 0.2) is 77.7 Å². The lowest BCUT2D eigenvalue weighted by Gasteiger charge is -2.11. The lowest BCUT2D eigenvalue weighted by molar-refractivity contribution is -0.134. The van der Waals surface area contributed by atoms with E-state index in [1.165, 1.54) is 18.2 Å². The number of hydrogen-bond donors (Lipinski definition) is 2. The summed E-state index contributed by atoms with van der Waals surface area (Å²) in [6.07, 6.45) is 3.35. The molecule has 3 aromatic rings. The van der Waals surface area contributed by atoms with E-state index >= 15 is 0 Å². The van der Waals surface area contributed by atoms with Crippen molar-refractivity contribution in [3.63, 3.8) is 0 Å². The lowest BCUT2D eigenvalue weighted by Crippen LogP contribution is -2.23. The van der Waals surface area contributed by atoms with Gasteiger partial charge in [-0.2, -0.15) is 0 Å². The van der Waals surface area contributed by atoms with E-state index in [2.05, 4.69) is 11.6 Å². The van der Waals surface area contributed by atoms with Crippen LogP contribution in [0.2, 0.25) is 0 Å². The molecule has 0 aliphatic carbocycles. The summed E-state index contributed by atoms with van der Waals surface area (Å²) in [7, 11) is -3.69. The van der Waals surface area contributed by atoms with Gasteiger partial charge in [-0.25, -0.2) is 13.1 Å². The molecule has 0 saturated carbocycles. The van der Waals surface area contributed by atoms with Gasteiger partial charge in [-0.15, -0.1) is 0 Å². The minimum atomic E-state index is -3.69. The van der Waals surface area contributed by atoms with Gasteiger partial charge in [-0.05, 0) is 66.6 Å². The van der Waals surface area contributed by atoms with E-state index in [-0.39, 0.29) is 23.8 Å². The van der Waals surface area contributed by atoms with E-state index < -0.39 is 10.0 Å². The largest absolute Gasteiger partial charge is 0.426 e. The van der Waals surface area contributed by atoms with Gasteiger partial charge in [-0.3, -0.25) is 4.79 Å². The minimum absolute atomic E-state index is 0.126. The number of carbonyl (C=O) groups excluding carboxylic acids is 1. The fourth-order valence-electron chi connectivity index (χ4n) is 3.64. The number of benzene rings is 3. The SMILES string of the molecule is CCCC(=N)c1ccc(CCCC(=O)Oc2ccc(S(=O)(=O)NCc3ccccc3)cc2C)cc1. The maximum atomic E-state index is 12.6. The molecule has 2 N–H and O–H groups in total. The Morgan fingerprint density at radius 2 is 1.66 bits per heavy atom. The molecular weight excluding hydrogens is 460 g/mol. The highest BCUT2D eigenvalue weighted by molar-refractivity contribution is 7.89. The average Bonchev–Trinajstić information content (AvgIpc) is 2.85. The molecule has 184 valence electrons. The summed E-state index contributed by atoms with van der Waals surface area (Å²) in [6.45, 7) is 3.98.